The quantitative estimate of drug-likeness (QED) is 0.550. The molecule has 1 atom stereocenters. The van der Waals surface area contributed by atoms with Gasteiger partial charge >= 0.3 is 6.09 Å². The number of nitriles is 1. The molecule has 1 aliphatic carbocycles. The van der Waals surface area contributed by atoms with Gasteiger partial charge in [0.15, 0.2) is 0 Å². The van der Waals surface area contributed by atoms with Gasteiger partial charge in [0.1, 0.15) is 17.2 Å². The van der Waals surface area contributed by atoms with Gasteiger partial charge in [-0.15, -0.1) is 11.3 Å². The summed E-state index contributed by atoms with van der Waals surface area (Å²) < 4.78 is 10.5. The third kappa shape index (κ3) is 5.22. The first kappa shape index (κ1) is 21.3. The van der Waals surface area contributed by atoms with Crippen LogP contribution in [0.15, 0.2) is 53.6 Å². The molecule has 0 fully saturated rings. The molecule has 0 aliphatic heterocycles. The Balaban J connectivity index is 1.36. The number of pyridine rings is 1. The Labute approximate surface area is 188 Å². The van der Waals surface area contributed by atoms with Gasteiger partial charge in [0.2, 0.25) is 5.91 Å². The standard InChI is InChI=1S/C23H20N4O4S/c24-11-19-18-5-4-17(31-23(29)26-13-16-2-1-8-25-12-16)10-20(18)32-22(19)27-21(28)6-3-15-7-9-30-14-15/h1-3,6-9,12,14,17H,4-5,10,13H2,(H,26,29)(H,27,28). The highest BCUT2D eigenvalue weighted by Gasteiger charge is 2.28. The van der Waals surface area contributed by atoms with Crippen molar-refractivity contribution in [3.8, 4) is 6.07 Å². The first-order valence-corrected chi connectivity index (χ1v) is 10.8. The fourth-order valence-corrected chi connectivity index (χ4v) is 4.69. The van der Waals surface area contributed by atoms with Crippen molar-refractivity contribution in [3.05, 3.63) is 76.3 Å². The summed E-state index contributed by atoms with van der Waals surface area (Å²) >= 11 is 1.35. The predicted octanol–water partition coefficient (Wildman–Crippen LogP) is 4.04. The molecular formula is C23H20N4O4S. The van der Waals surface area contributed by atoms with Gasteiger partial charge in [-0.1, -0.05) is 6.07 Å². The molecule has 1 aliphatic rings. The van der Waals surface area contributed by atoms with Gasteiger partial charge < -0.3 is 19.8 Å². The molecule has 9 heteroatoms. The number of nitrogens with zero attached hydrogens (tertiary/aromatic N) is 2. The fraction of sp³-hybridized carbons (Fsp3) is 0.217. The van der Waals surface area contributed by atoms with E-state index in [2.05, 4.69) is 21.7 Å². The van der Waals surface area contributed by atoms with Crippen LogP contribution >= 0.6 is 11.3 Å². The van der Waals surface area contributed by atoms with E-state index in [1.807, 2.05) is 6.07 Å². The molecular weight excluding hydrogens is 428 g/mol. The van der Waals surface area contributed by atoms with E-state index in [4.69, 9.17) is 9.15 Å². The second-order valence-corrected chi connectivity index (χ2v) is 8.29. The number of amides is 2. The smallest absolute Gasteiger partial charge is 0.407 e. The number of carbonyl (C=O) groups is 2. The van der Waals surface area contributed by atoms with E-state index in [0.717, 1.165) is 21.6 Å². The summed E-state index contributed by atoms with van der Waals surface area (Å²) in [6.45, 7) is 0.338. The second kappa shape index (κ2) is 9.94. The molecule has 0 saturated heterocycles. The van der Waals surface area contributed by atoms with Gasteiger partial charge in [0.25, 0.3) is 0 Å². The van der Waals surface area contributed by atoms with E-state index in [-0.39, 0.29) is 12.0 Å². The number of thiophene rings is 1. The Morgan fingerprint density at radius 3 is 3.06 bits per heavy atom. The molecule has 1 unspecified atom stereocenters. The average molecular weight is 449 g/mol. The Hall–Kier alpha value is -3.90. The minimum Gasteiger partial charge on any atom is -0.472 e. The third-order valence-electron chi connectivity index (χ3n) is 4.97. The number of rotatable bonds is 6. The van der Waals surface area contributed by atoms with Crippen LogP contribution in [0.3, 0.4) is 0 Å². The molecule has 0 aromatic carbocycles. The number of fused-ring (bicyclic) bond motifs is 1. The molecule has 4 rings (SSSR count). The number of nitrogens with one attached hydrogen (secondary N) is 2. The molecule has 0 bridgehead atoms. The van der Waals surface area contributed by atoms with E-state index in [9.17, 15) is 14.9 Å². The third-order valence-corrected chi connectivity index (χ3v) is 6.14. The zero-order valence-corrected chi connectivity index (χ0v) is 17.9. The molecule has 2 amide bonds. The highest BCUT2D eigenvalue weighted by atomic mass is 32.1. The van der Waals surface area contributed by atoms with Crippen molar-refractivity contribution >= 4 is 34.4 Å². The Kier molecular flexibility index (Phi) is 6.63. The van der Waals surface area contributed by atoms with E-state index in [1.54, 1.807) is 30.6 Å². The number of aromatic nitrogens is 1. The lowest BCUT2D eigenvalue weighted by atomic mass is 9.94. The molecule has 2 N–H and O–H groups in total. The van der Waals surface area contributed by atoms with Gasteiger partial charge in [-0.2, -0.15) is 5.26 Å². The average Bonchev–Trinajstić information content (AvgIpc) is 3.44. The minimum absolute atomic E-state index is 0.286. The van der Waals surface area contributed by atoms with Gasteiger partial charge in [0, 0.05) is 41.9 Å². The molecule has 0 saturated carbocycles. The van der Waals surface area contributed by atoms with Gasteiger partial charge in [0.05, 0.1) is 18.1 Å². The summed E-state index contributed by atoms with van der Waals surface area (Å²) in [4.78, 5) is 29.4. The van der Waals surface area contributed by atoms with Crippen LogP contribution < -0.4 is 10.6 Å². The van der Waals surface area contributed by atoms with E-state index in [0.29, 0.717) is 36.4 Å². The number of alkyl carbamates (subject to hydrolysis) is 1. The predicted molar refractivity (Wildman–Crippen MR) is 119 cm³/mol. The van der Waals surface area contributed by atoms with Crippen molar-refractivity contribution in [1.82, 2.24) is 10.3 Å². The summed E-state index contributed by atoms with van der Waals surface area (Å²) in [7, 11) is 0. The molecule has 0 radical (unpaired) electrons. The van der Waals surface area contributed by atoms with Crippen LogP contribution in [0.2, 0.25) is 0 Å². The van der Waals surface area contributed by atoms with Crippen LogP contribution in [0.5, 0.6) is 0 Å². The Bertz CT molecular complexity index is 1160. The molecule has 3 aromatic heterocycles. The number of ether oxygens (including phenoxy) is 1. The van der Waals surface area contributed by atoms with Crippen molar-refractivity contribution in [2.45, 2.75) is 31.9 Å². The van der Waals surface area contributed by atoms with E-state index in [1.165, 1.54) is 29.9 Å². The summed E-state index contributed by atoms with van der Waals surface area (Å²) in [5.74, 6) is -0.330. The number of anilines is 1. The van der Waals surface area contributed by atoms with Crippen molar-refractivity contribution in [2.75, 3.05) is 5.32 Å². The number of furan rings is 1. The fourth-order valence-electron chi connectivity index (χ4n) is 3.43. The van der Waals surface area contributed by atoms with E-state index < -0.39 is 6.09 Å². The Morgan fingerprint density at radius 2 is 2.31 bits per heavy atom. The zero-order valence-electron chi connectivity index (χ0n) is 17.0. The van der Waals surface area contributed by atoms with Crippen LogP contribution in [0.25, 0.3) is 6.08 Å². The largest absolute Gasteiger partial charge is 0.472 e. The summed E-state index contributed by atoms with van der Waals surface area (Å²) in [6.07, 6.45) is 10.4. The normalized spacial score (nSPS) is 15.0. The van der Waals surface area contributed by atoms with Gasteiger partial charge in [-0.3, -0.25) is 9.78 Å². The highest BCUT2D eigenvalue weighted by molar-refractivity contribution is 7.16. The SMILES string of the molecule is N#Cc1c(NC(=O)C=Cc2ccoc2)sc2c1CCC(OC(=O)NCc1cccnc1)C2. The zero-order chi connectivity index (χ0) is 22.3. The number of carbonyl (C=O) groups excluding carboxylic acids is 2. The van der Waals surface area contributed by atoms with Crippen molar-refractivity contribution in [3.63, 3.8) is 0 Å². The van der Waals surface area contributed by atoms with Gasteiger partial charge in [-0.25, -0.2) is 4.79 Å². The van der Waals surface area contributed by atoms with Crippen molar-refractivity contribution in [2.24, 2.45) is 0 Å². The summed E-state index contributed by atoms with van der Waals surface area (Å²) in [5.41, 5.74) is 3.05. The highest BCUT2D eigenvalue weighted by Crippen LogP contribution is 2.38. The van der Waals surface area contributed by atoms with Crippen LogP contribution in [-0.4, -0.2) is 23.1 Å². The van der Waals surface area contributed by atoms with Crippen LogP contribution in [0.1, 0.15) is 33.6 Å². The molecule has 3 aromatic rings. The molecule has 3 heterocycles. The van der Waals surface area contributed by atoms with Gasteiger partial charge in [-0.05, 0) is 42.2 Å². The molecule has 8 nitrogen and oxygen atoms in total. The van der Waals surface area contributed by atoms with E-state index >= 15 is 0 Å². The lowest BCUT2D eigenvalue weighted by molar-refractivity contribution is -0.111. The van der Waals surface area contributed by atoms with Crippen LogP contribution in [0.4, 0.5) is 9.80 Å². The lowest BCUT2D eigenvalue weighted by Gasteiger charge is -2.22. The Morgan fingerprint density at radius 1 is 1.41 bits per heavy atom. The monoisotopic (exact) mass is 448 g/mol. The van der Waals surface area contributed by atoms with Crippen molar-refractivity contribution in [1.29, 1.82) is 5.26 Å². The minimum atomic E-state index is -0.489. The molecule has 0 spiro atoms. The first-order chi connectivity index (χ1) is 15.6. The molecule has 162 valence electrons. The maximum atomic E-state index is 12.3. The summed E-state index contributed by atoms with van der Waals surface area (Å²) in [5, 5.41) is 15.7. The molecule has 32 heavy (non-hydrogen) atoms. The summed E-state index contributed by atoms with van der Waals surface area (Å²) in [6, 6.07) is 7.62. The van der Waals surface area contributed by atoms with Crippen LogP contribution in [0, 0.1) is 11.3 Å². The second-order valence-electron chi connectivity index (χ2n) is 7.18. The topological polar surface area (TPSA) is 117 Å². The van der Waals surface area contributed by atoms with Crippen LogP contribution in [-0.2, 0) is 28.9 Å². The number of hydrogen-bond acceptors (Lipinski definition) is 7. The lowest BCUT2D eigenvalue weighted by Crippen LogP contribution is -2.31. The van der Waals surface area contributed by atoms with Crippen molar-refractivity contribution < 1.29 is 18.7 Å². The number of hydrogen-bond donors (Lipinski definition) is 2. The maximum Gasteiger partial charge on any atom is 0.407 e. The maximum absolute atomic E-state index is 12.3. The first-order valence-electron chi connectivity index (χ1n) is 10.0.